The maximum absolute atomic E-state index is 11.9. The van der Waals surface area contributed by atoms with Gasteiger partial charge in [0.25, 0.3) is 0 Å². The lowest BCUT2D eigenvalue weighted by molar-refractivity contribution is -0.118. The average Bonchev–Trinajstić information content (AvgIpc) is 2.29. The normalized spacial score (nSPS) is 10.2. The van der Waals surface area contributed by atoms with Crippen molar-refractivity contribution < 1.29 is 9.59 Å². The number of Topliss-reactive ketones (excluding diaryl/α,β-unsaturated/α-hetero) is 2. The number of unbranched alkanes of at least 4 members (excludes halogenated alkanes) is 2. The van der Waals surface area contributed by atoms with Crippen LogP contribution < -0.4 is 0 Å². The Bertz CT molecular complexity index is 399. The van der Waals surface area contributed by atoms with Crippen LogP contribution in [0.5, 0.6) is 0 Å². The van der Waals surface area contributed by atoms with E-state index in [-0.39, 0.29) is 18.0 Å². The second kappa shape index (κ2) is 7.38. The van der Waals surface area contributed by atoms with Gasteiger partial charge in [0.1, 0.15) is 5.78 Å². The van der Waals surface area contributed by atoms with E-state index < -0.39 is 0 Å². The van der Waals surface area contributed by atoms with E-state index in [0.717, 1.165) is 23.7 Å². The standard InChI is InChI=1S/C14H17BrO2/c1-2-3-4-7-11(16)10-14(17)12-8-5-6-9-13(12)15/h5-6,8-9H,2-4,7,10H2,1H3. The topological polar surface area (TPSA) is 34.1 Å². The number of hydrogen-bond donors (Lipinski definition) is 0. The van der Waals surface area contributed by atoms with Crippen LogP contribution in [0.1, 0.15) is 49.4 Å². The minimum absolute atomic E-state index is 0.0202. The van der Waals surface area contributed by atoms with Gasteiger partial charge in [-0.1, -0.05) is 53.9 Å². The van der Waals surface area contributed by atoms with E-state index in [1.54, 1.807) is 12.1 Å². The lowest BCUT2D eigenvalue weighted by Crippen LogP contribution is -2.08. The smallest absolute Gasteiger partial charge is 0.171 e. The molecule has 1 aromatic carbocycles. The summed E-state index contributed by atoms with van der Waals surface area (Å²) in [4.78, 5) is 23.4. The van der Waals surface area contributed by atoms with Crippen molar-refractivity contribution in [2.24, 2.45) is 0 Å². The minimum atomic E-state index is -0.0982. The zero-order chi connectivity index (χ0) is 12.7. The summed E-state index contributed by atoms with van der Waals surface area (Å²) in [6, 6.07) is 7.21. The Balaban J connectivity index is 2.49. The molecular formula is C14H17BrO2. The lowest BCUT2D eigenvalue weighted by atomic mass is 10.0. The van der Waals surface area contributed by atoms with E-state index in [9.17, 15) is 9.59 Å². The van der Waals surface area contributed by atoms with Crippen LogP contribution in [0.15, 0.2) is 28.7 Å². The summed E-state index contributed by atoms with van der Waals surface area (Å²) in [5.74, 6) is -0.0572. The molecule has 1 rings (SSSR count). The first-order chi connectivity index (χ1) is 8.15. The number of halogens is 1. The Labute approximate surface area is 111 Å². The van der Waals surface area contributed by atoms with Crippen molar-refractivity contribution in [3.63, 3.8) is 0 Å². The van der Waals surface area contributed by atoms with Gasteiger partial charge in [-0.25, -0.2) is 0 Å². The number of hydrogen-bond acceptors (Lipinski definition) is 2. The predicted molar refractivity (Wildman–Crippen MR) is 72.2 cm³/mol. The van der Waals surface area contributed by atoms with Crippen molar-refractivity contribution in [2.45, 2.75) is 39.0 Å². The summed E-state index contributed by atoms with van der Waals surface area (Å²) in [6.07, 6.45) is 3.56. The van der Waals surface area contributed by atoms with Gasteiger partial charge in [0.05, 0.1) is 6.42 Å². The number of carbonyl (C=O) groups excluding carboxylic acids is 2. The maximum atomic E-state index is 11.9. The third-order valence-electron chi connectivity index (χ3n) is 2.59. The maximum Gasteiger partial charge on any atom is 0.171 e. The first-order valence-corrected chi connectivity index (χ1v) is 6.74. The summed E-state index contributed by atoms with van der Waals surface area (Å²) < 4.78 is 0.756. The van der Waals surface area contributed by atoms with Gasteiger partial charge in [0, 0.05) is 16.5 Å². The first kappa shape index (κ1) is 14.1. The Morgan fingerprint density at radius 1 is 1.18 bits per heavy atom. The van der Waals surface area contributed by atoms with Gasteiger partial charge in [-0.05, 0) is 12.5 Å². The number of carbonyl (C=O) groups is 2. The molecule has 2 nitrogen and oxygen atoms in total. The fourth-order valence-corrected chi connectivity index (χ4v) is 2.13. The molecule has 0 spiro atoms. The lowest BCUT2D eigenvalue weighted by Gasteiger charge is -2.03. The zero-order valence-corrected chi connectivity index (χ0v) is 11.6. The molecule has 3 heteroatoms. The van der Waals surface area contributed by atoms with Gasteiger partial charge < -0.3 is 0 Å². The third kappa shape index (κ3) is 4.82. The fraction of sp³-hybridized carbons (Fsp3) is 0.429. The molecule has 0 saturated carbocycles. The van der Waals surface area contributed by atoms with Crippen LogP contribution in [-0.2, 0) is 4.79 Å². The largest absolute Gasteiger partial charge is 0.299 e. The van der Waals surface area contributed by atoms with E-state index in [1.807, 2.05) is 12.1 Å². The summed E-state index contributed by atoms with van der Waals surface area (Å²) in [5.41, 5.74) is 0.594. The average molecular weight is 297 g/mol. The molecule has 1 aromatic rings. The fourth-order valence-electron chi connectivity index (χ4n) is 1.62. The molecule has 0 saturated heterocycles. The number of benzene rings is 1. The molecule has 0 aliphatic carbocycles. The summed E-state index contributed by atoms with van der Waals surface area (Å²) >= 11 is 3.32. The molecule has 0 aliphatic heterocycles. The van der Waals surface area contributed by atoms with Crippen molar-refractivity contribution in [1.82, 2.24) is 0 Å². The molecule has 0 heterocycles. The van der Waals surface area contributed by atoms with E-state index >= 15 is 0 Å². The van der Waals surface area contributed by atoms with Crippen molar-refractivity contribution >= 4 is 27.5 Å². The summed E-state index contributed by atoms with van der Waals surface area (Å²) in [6.45, 7) is 2.09. The first-order valence-electron chi connectivity index (χ1n) is 5.94. The van der Waals surface area contributed by atoms with Crippen molar-refractivity contribution in [3.8, 4) is 0 Å². The number of ketones is 2. The van der Waals surface area contributed by atoms with Gasteiger partial charge >= 0.3 is 0 Å². The number of rotatable bonds is 7. The van der Waals surface area contributed by atoms with Gasteiger partial charge in [0.2, 0.25) is 0 Å². The minimum Gasteiger partial charge on any atom is -0.299 e. The highest BCUT2D eigenvalue weighted by Gasteiger charge is 2.13. The molecular weight excluding hydrogens is 280 g/mol. The molecule has 0 aromatic heterocycles. The van der Waals surface area contributed by atoms with Gasteiger partial charge in [-0.2, -0.15) is 0 Å². The van der Waals surface area contributed by atoms with Crippen molar-refractivity contribution in [2.75, 3.05) is 0 Å². The molecule has 0 aliphatic rings. The van der Waals surface area contributed by atoms with E-state index in [2.05, 4.69) is 22.9 Å². The zero-order valence-electron chi connectivity index (χ0n) is 10.0. The second-order valence-corrected chi connectivity index (χ2v) is 4.93. The quantitative estimate of drug-likeness (QED) is 0.430. The van der Waals surface area contributed by atoms with Gasteiger partial charge in [-0.3, -0.25) is 9.59 Å². The molecule has 0 fully saturated rings. The van der Waals surface area contributed by atoms with Crippen molar-refractivity contribution in [3.05, 3.63) is 34.3 Å². The summed E-state index contributed by atoms with van der Waals surface area (Å²) in [7, 11) is 0. The van der Waals surface area contributed by atoms with E-state index in [1.165, 1.54) is 0 Å². The Kier molecular flexibility index (Phi) is 6.12. The Morgan fingerprint density at radius 3 is 2.53 bits per heavy atom. The monoisotopic (exact) mass is 296 g/mol. The molecule has 92 valence electrons. The van der Waals surface area contributed by atoms with Gasteiger partial charge in [0.15, 0.2) is 5.78 Å². The highest BCUT2D eigenvalue weighted by Crippen LogP contribution is 2.18. The predicted octanol–water partition coefficient (Wildman–Crippen LogP) is 4.17. The third-order valence-corrected chi connectivity index (χ3v) is 3.28. The second-order valence-electron chi connectivity index (χ2n) is 4.08. The molecule has 0 N–H and O–H groups in total. The van der Waals surface area contributed by atoms with Crippen LogP contribution >= 0.6 is 15.9 Å². The highest BCUT2D eigenvalue weighted by molar-refractivity contribution is 9.10. The molecule has 0 atom stereocenters. The van der Waals surface area contributed by atoms with Crippen LogP contribution in [0, 0.1) is 0 Å². The van der Waals surface area contributed by atoms with E-state index in [4.69, 9.17) is 0 Å². The Hall–Kier alpha value is -0.960. The van der Waals surface area contributed by atoms with E-state index in [0.29, 0.717) is 12.0 Å². The van der Waals surface area contributed by atoms with Crippen LogP contribution in [0.4, 0.5) is 0 Å². The highest BCUT2D eigenvalue weighted by atomic mass is 79.9. The van der Waals surface area contributed by atoms with Crippen LogP contribution in [0.2, 0.25) is 0 Å². The molecule has 17 heavy (non-hydrogen) atoms. The SMILES string of the molecule is CCCCCC(=O)CC(=O)c1ccccc1Br. The van der Waals surface area contributed by atoms with Gasteiger partial charge in [-0.15, -0.1) is 0 Å². The molecule has 0 unspecified atom stereocenters. The van der Waals surface area contributed by atoms with Crippen LogP contribution in [-0.4, -0.2) is 11.6 Å². The van der Waals surface area contributed by atoms with Crippen LogP contribution in [0.3, 0.4) is 0 Å². The molecule has 0 amide bonds. The Morgan fingerprint density at radius 2 is 1.88 bits per heavy atom. The van der Waals surface area contributed by atoms with Crippen molar-refractivity contribution in [1.29, 1.82) is 0 Å². The molecule has 0 bridgehead atoms. The van der Waals surface area contributed by atoms with Crippen LogP contribution in [0.25, 0.3) is 0 Å². The summed E-state index contributed by atoms with van der Waals surface area (Å²) in [5, 5.41) is 0. The molecule has 0 radical (unpaired) electrons.